The van der Waals surface area contributed by atoms with Crippen LogP contribution in [0.15, 0.2) is 12.1 Å². The highest BCUT2D eigenvalue weighted by atomic mass is 35.5. The first kappa shape index (κ1) is 14.3. The van der Waals surface area contributed by atoms with Gasteiger partial charge in [0.1, 0.15) is 0 Å². The van der Waals surface area contributed by atoms with Crippen molar-refractivity contribution in [3.05, 3.63) is 21.3 Å². The quantitative estimate of drug-likeness (QED) is 0.879. The maximum absolute atomic E-state index is 12.3. The van der Waals surface area contributed by atoms with Crippen LogP contribution in [0.25, 0.3) is 0 Å². The van der Waals surface area contributed by atoms with Gasteiger partial charge in [0.25, 0.3) is 0 Å². The van der Waals surface area contributed by atoms with Crippen molar-refractivity contribution in [2.75, 3.05) is 6.54 Å². The molecule has 0 aromatic carbocycles. The summed E-state index contributed by atoms with van der Waals surface area (Å²) in [6, 6.07) is 3.84. The van der Waals surface area contributed by atoms with Crippen molar-refractivity contribution >= 4 is 34.8 Å². The smallest absolute Gasteiger partial charge is 0.308 e. The molecule has 6 heteroatoms. The van der Waals surface area contributed by atoms with Crippen molar-refractivity contribution in [1.82, 2.24) is 4.90 Å². The molecular formula is C13H16ClNO3S. The van der Waals surface area contributed by atoms with Gasteiger partial charge >= 0.3 is 5.97 Å². The van der Waals surface area contributed by atoms with Gasteiger partial charge in [-0.15, -0.1) is 11.3 Å². The van der Waals surface area contributed by atoms with Gasteiger partial charge < -0.3 is 10.0 Å². The molecule has 1 heterocycles. The number of thiophene rings is 1. The summed E-state index contributed by atoms with van der Waals surface area (Å²) < 4.78 is 0.666. The highest BCUT2D eigenvalue weighted by Gasteiger charge is 2.34. The number of carboxylic acids is 1. The largest absolute Gasteiger partial charge is 0.481 e. The number of rotatable bonds is 6. The van der Waals surface area contributed by atoms with Gasteiger partial charge in [0.15, 0.2) is 0 Å². The van der Waals surface area contributed by atoms with E-state index in [2.05, 4.69) is 0 Å². The molecule has 1 atom stereocenters. The maximum Gasteiger partial charge on any atom is 0.308 e. The number of carbonyl (C=O) groups excluding carboxylic acids is 1. The van der Waals surface area contributed by atoms with E-state index in [1.165, 1.54) is 11.3 Å². The molecule has 0 bridgehead atoms. The van der Waals surface area contributed by atoms with E-state index in [4.69, 9.17) is 16.7 Å². The van der Waals surface area contributed by atoms with Crippen molar-refractivity contribution < 1.29 is 14.7 Å². The van der Waals surface area contributed by atoms with Gasteiger partial charge in [-0.05, 0) is 25.0 Å². The van der Waals surface area contributed by atoms with Crippen molar-refractivity contribution in [3.8, 4) is 0 Å². The van der Waals surface area contributed by atoms with Crippen LogP contribution in [-0.2, 0) is 16.0 Å². The van der Waals surface area contributed by atoms with Gasteiger partial charge in [-0.3, -0.25) is 9.59 Å². The lowest BCUT2D eigenvalue weighted by atomic mass is 10.1. The Bertz CT molecular complexity index is 484. The molecule has 2 rings (SSSR count). The summed E-state index contributed by atoms with van der Waals surface area (Å²) in [5, 5.41) is 8.95. The second-order valence-electron chi connectivity index (χ2n) is 4.90. The van der Waals surface area contributed by atoms with Crippen molar-refractivity contribution in [1.29, 1.82) is 0 Å². The minimum absolute atomic E-state index is 0.00545. The minimum atomic E-state index is -0.863. The third-order valence-electron chi connectivity index (χ3n) is 3.15. The Labute approximate surface area is 121 Å². The van der Waals surface area contributed by atoms with Gasteiger partial charge in [-0.25, -0.2) is 0 Å². The molecule has 19 heavy (non-hydrogen) atoms. The summed E-state index contributed by atoms with van der Waals surface area (Å²) in [6.07, 6.45) is 2.26. The monoisotopic (exact) mass is 301 g/mol. The van der Waals surface area contributed by atoms with Crippen LogP contribution in [0.4, 0.5) is 0 Å². The molecule has 0 radical (unpaired) electrons. The molecule has 1 N–H and O–H groups in total. The second-order valence-corrected chi connectivity index (χ2v) is 6.70. The van der Waals surface area contributed by atoms with E-state index in [9.17, 15) is 9.59 Å². The van der Waals surface area contributed by atoms with Crippen molar-refractivity contribution in [2.45, 2.75) is 32.2 Å². The first-order chi connectivity index (χ1) is 8.97. The summed E-state index contributed by atoms with van der Waals surface area (Å²) in [6.45, 7) is 1.92. The van der Waals surface area contributed by atoms with E-state index in [0.29, 0.717) is 10.8 Å². The Morgan fingerprint density at radius 1 is 1.53 bits per heavy atom. The number of carbonyl (C=O) groups is 2. The molecule has 0 saturated heterocycles. The molecular weight excluding hydrogens is 286 g/mol. The van der Waals surface area contributed by atoms with Gasteiger partial charge in [0, 0.05) is 17.5 Å². The number of aliphatic carboxylic acids is 1. The summed E-state index contributed by atoms with van der Waals surface area (Å²) in [5.41, 5.74) is 0. The highest BCUT2D eigenvalue weighted by Crippen LogP contribution is 2.29. The summed E-state index contributed by atoms with van der Waals surface area (Å²) in [5.74, 6) is -1.40. The summed E-state index contributed by atoms with van der Waals surface area (Å²) in [7, 11) is 0. The molecule has 1 saturated carbocycles. The Kier molecular flexibility index (Phi) is 4.47. The van der Waals surface area contributed by atoms with Gasteiger partial charge in [-0.1, -0.05) is 18.5 Å². The van der Waals surface area contributed by atoms with E-state index in [1.54, 1.807) is 17.9 Å². The van der Waals surface area contributed by atoms with Crippen LogP contribution in [0.5, 0.6) is 0 Å². The maximum atomic E-state index is 12.3. The Morgan fingerprint density at radius 2 is 2.21 bits per heavy atom. The van der Waals surface area contributed by atoms with Crippen molar-refractivity contribution in [2.24, 2.45) is 5.92 Å². The molecule has 0 aliphatic heterocycles. The first-order valence-electron chi connectivity index (χ1n) is 6.24. The van der Waals surface area contributed by atoms with Crippen LogP contribution in [-0.4, -0.2) is 34.5 Å². The number of nitrogens with zero attached hydrogens (tertiary/aromatic N) is 1. The predicted molar refractivity (Wildman–Crippen MR) is 74.6 cm³/mol. The molecule has 1 unspecified atom stereocenters. The van der Waals surface area contributed by atoms with Crippen LogP contribution in [0.2, 0.25) is 4.34 Å². The third kappa shape index (κ3) is 3.94. The molecule has 1 aliphatic carbocycles. The zero-order valence-electron chi connectivity index (χ0n) is 10.6. The average molecular weight is 302 g/mol. The first-order valence-corrected chi connectivity index (χ1v) is 7.43. The Balaban J connectivity index is 1.98. The standard InChI is InChI=1S/C13H16ClNO3S/c1-8(13(17)18)7-15(9-2-3-9)12(16)6-10-4-5-11(14)19-10/h4-5,8-9H,2-3,6-7H2,1H3,(H,17,18). The van der Waals surface area contributed by atoms with Gasteiger partial charge in [0.05, 0.1) is 16.7 Å². The molecule has 1 aromatic rings. The number of amides is 1. The molecule has 0 spiro atoms. The van der Waals surface area contributed by atoms with E-state index in [1.807, 2.05) is 6.07 Å². The van der Waals surface area contributed by atoms with Crippen LogP contribution in [0.3, 0.4) is 0 Å². The zero-order valence-corrected chi connectivity index (χ0v) is 12.2. The van der Waals surface area contributed by atoms with Crippen LogP contribution in [0.1, 0.15) is 24.6 Å². The van der Waals surface area contributed by atoms with E-state index >= 15 is 0 Å². The fourth-order valence-corrected chi connectivity index (χ4v) is 2.99. The van der Waals surface area contributed by atoms with Crippen LogP contribution >= 0.6 is 22.9 Å². The summed E-state index contributed by atoms with van der Waals surface area (Å²) >= 11 is 7.23. The Morgan fingerprint density at radius 3 is 2.68 bits per heavy atom. The van der Waals surface area contributed by atoms with Crippen LogP contribution < -0.4 is 0 Å². The molecule has 104 valence electrons. The number of hydrogen-bond acceptors (Lipinski definition) is 3. The Hall–Kier alpha value is -1.07. The SMILES string of the molecule is CC(CN(C(=O)Cc1ccc(Cl)s1)C1CC1)C(=O)O. The van der Waals surface area contributed by atoms with Crippen LogP contribution in [0, 0.1) is 5.92 Å². The van der Waals surface area contributed by atoms with Crippen molar-refractivity contribution in [3.63, 3.8) is 0 Å². The van der Waals surface area contributed by atoms with Gasteiger partial charge in [-0.2, -0.15) is 0 Å². The van der Waals surface area contributed by atoms with Gasteiger partial charge in [0.2, 0.25) is 5.91 Å². The number of hydrogen-bond donors (Lipinski definition) is 1. The lowest BCUT2D eigenvalue weighted by Gasteiger charge is -2.24. The molecule has 1 amide bonds. The third-order valence-corrected chi connectivity index (χ3v) is 4.39. The highest BCUT2D eigenvalue weighted by molar-refractivity contribution is 7.16. The topological polar surface area (TPSA) is 57.6 Å². The minimum Gasteiger partial charge on any atom is -0.481 e. The molecule has 1 fully saturated rings. The normalized spacial score (nSPS) is 16.1. The summed E-state index contributed by atoms with van der Waals surface area (Å²) in [4.78, 5) is 25.8. The van der Waals surface area contributed by atoms with E-state index in [0.717, 1.165) is 17.7 Å². The van der Waals surface area contributed by atoms with E-state index < -0.39 is 11.9 Å². The molecule has 4 nitrogen and oxygen atoms in total. The molecule has 1 aliphatic rings. The number of carboxylic acid groups (broad SMARTS) is 1. The predicted octanol–water partition coefficient (Wildman–Crippen LogP) is 2.66. The lowest BCUT2D eigenvalue weighted by Crippen LogP contribution is -2.39. The zero-order chi connectivity index (χ0) is 14.0. The molecule has 1 aromatic heterocycles. The van der Waals surface area contributed by atoms with E-state index in [-0.39, 0.29) is 18.5 Å². The average Bonchev–Trinajstić information content (AvgIpc) is 3.10. The fourth-order valence-electron chi connectivity index (χ4n) is 1.91. The lowest BCUT2D eigenvalue weighted by molar-refractivity contribution is -0.143. The fraction of sp³-hybridized carbons (Fsp3) is 0.538. The second kappa shape index (κ2) is 5.92. The number of halogens is 1.